The Morgan fingerprint density at radius 2 is 1.29 bits per heavy atom. The second kappa shape index (κ2) is 4.52. The summed E-state index contributed by atoms with van der Waals surface area (Å²) in [6.07, 6.45) is 1.82. The Balaban J connectivity index is 1.99. The Morgan fingerprint density at radius 3 is 1.94 bits per heavy atom. The molecule has 0 amide bonds. The molecule has 1 aromatic heterocycles. The van der Waals surface area contributed by atoms with E-state index in [0.717, 1.165) is 15.5 Å². The lowest BCUT2D eigenvalue weighted by Gasteiger charge is -1.89. The van der Waals surface area contributed by atoms with Crippen LogP contribution in [0, 0.1) is 0 Å². The highest BCUT2D eigenvalue weighted by molar-refractivity contribution is 7.18. The maximum Gasteiger partial charge on any atom is 0.417 e. The molecule has 3 aromatic rings. The zero-order valence-electron chi connectivity index (χ0n) is 9.17. The van der Waals surface area contributed by atoms with Gasteiger partial charge in [-0.2, -0.15) is 0 Å². The minimum atomic E-state index is 0.949. The highest BCUT2D eigenvalue weighted by Gasteiger charge is 2.17. The lowest BCUT2D eigenvalue weighted by molar-refractivity contribution is 0.588. The topological polar surface area (TPSA) is 11.3 Å². The molecule has 0 spiro atoms. The van der Waals surface area contributed by atoms with Crippen molar-refractivity contribution in [2.45, 2.75) is 0 Å². The molecule has 0 saturated carbocycles. The zero-order valence-corrected chi connectivity index (χ0v) is 9.98. The fraction of sp³-hybridized carbons (Fsp3) is 0. The van der Waals surface area contributed by atoms with Gasteiger partial charge in [-0.1, -0.05) is 48.5 Å². The quantitative estimate of drug-likeness (QED) is 0.575. The van der Waals surface area contributed by atoms with Gasteiger partial charge in [-0.15, -0.1) is 0 Å². The summed E-state index contributed by atoms with van der Waals surface area (Å²) >= 11 is 1.67. The normalized spacial score (nSPS) is 10.4. The zero-order chi connectivity index (χ0) is 11.5. The second-order valence-electron chi connectivity index (χ2n) is 3.72. The third-order valence-electron chi connectivity index (χ3n) is 2.54. The maximum absolute atomic E-state index is 5.62. The number of benzene rings is 2. The van der Waals surface area contributed by atoms with Crippen molar-refractivity contribution < 1.29 is 4.42 Å². The molecular formula is C15H11OS+. The molecule has 2 heteroatoms. The molecule has 3 rings (SSSR count). The molecule has 1 nitrogen and oxygen atoms in total. The summed E-state index contributed by atoms with van der Waals surface area (Å²) in [6.45, 7) is 0. The van der Waals surface area contributed by atoms with Gasteiger partial charge in [0.1, 0.15) is 4.88 Å². The minimum absolute atomic E-state index is 0.949. The summed E-state index contributed by atoms with van der Waals surface area (Å²) in [4.78, 5) is 1.16. The summed E-state index contributed by atoms with van der Waals surface area (Å²) in [5.41, 5.74) is 2.32. The number of rotatable bonds is 2. The van der Waals surface area contributed by atoms with Crippen molar-refractivity contribution >= 4 is 11.3 Å². The second-order valence-corrected chi connectivity index (χ2v) is 4.74. The van der Waals surface area contributed by atoms with Crippen LogP contribution in [0.5, 0.6) is 0 Å². The fourth-order valence-corrected chi connectivity index (χ4v) is 2.59. The summed E-state index contributed by atoms with van der Waals surface area (Å²) < 4.78 is 5.62. The monoisotopic (exact) mass is 239 g/mol. The van der Waals surface area contributed by atoms with E-state index in [4.69, 9.17) is 4.42 Å². The number of hydrogen-bond acceptors (Lipinski definition) is 1. The van der Waals surface area contributed by atoms with Gasteiger partial charge in [0.15, 0.2) is 0 Å². The van der Waals surface area contributed by atoms with E-state index in [9.17, 15) is 0 Å². The van der Waals surface area contributed by atoms with Crippen LogP contribution >= 0.6 is 11.3 Å². The van der Waals surface area contributed by atoms with Crippen LogP contribution in [0.25, 0.3) is 21.1 Å². The predicted molar refractivity (Wildman–Crippen MR) is 71.9 cm³/mol. The first-order valence-corrected chi connectivity index (χ1v) is 6.27. The Hall–Kier alpha value is -1.93. The van der Waals surface area contributed by atoms with Crippen LogP contribution in [0.2, 0.25) is 0 Å². The van der Waals surface area contributed by atoms with Crippen LogP contribution in [0.1, 0.15) is 0 Å². The van der Waals surface area contributed by atoms with Gasteiger partial charge in [0.2, 0.25) is 0 Å². The molecule has 1 heterocycles. The first-order chi connectivity index (χ1) is 8.43. The van der Waals surface area contributed by atoms with E-state index >= 15 is 0 Å². The average Bonchev–Trinajstić information content (AvgIpc) is 2.90. The van der Waals surface area contributed by atoms with E-state index in [1.54, 1.807) is 11.3 Å². The van der Waals surface area contributed by atoms with Crippen LogP contribution in [0.4, 0.5) is 0 Å². The molecule has 0 fully saturated rings. The van der Waals surface area contributed by atoms with Gasteiger partial charge in [0.25, 0.3) is 0 Å². The van der Waals surface area contributed by atoms with Crippen LogP contribution in [0.3, 0.4) is 0 Å². The van der Waals surface area contributed by atoms with Gasteiger partial charge < -0.3 is 0 Å². The molecule has 2 aromatic carbocycles. The molecule has 0 unspecified atom stereocenters. The molecule has 0 aliphatic heterocycles. The van der Waals surface area contributed by atoms with Gasteiger partial charge in [-0.25, -0.2) is 4.42 Å². The van der Waals surface area contributed by atoms with Gasteiger partial charge in [0.05, 0.1) is 5.56 Å². The lowest BCUT2D eigenvalue weighted by atomic mass is 10.2. The predicted octanol–water partition coefficient (Wildman–Crippen LogP) is 4.96. The fourth-order valence-electron chi connectivity index (χ4n) is 1.69. The highest BCUT2D eigenvalue weighted by atomic mass is 32.1. The molecule has 0 radical (unpaired) electrons. The van der Waals surface area contributed by atoms with Crippen molar-refractivity contribution in [3.8, 4) is 21.1 Å². The Bertz CT molecular complexity index is 545. The van der Waals surface area contributed by atoms with Crippen molar-refractivity contribution in [3.63, 3.8) is 0 Å². The summed E-state index contributed by atoms with van der Waals surface area (Å²) in [6, 6.07) is 20.5. The summed E-state index contributed by atoms with van der Waals surface area (Å²) in [7, 11) is 0. The molecule has 0 N–H and O–H groups in total. The van der Waals surface area contributed by atoms with Crippen LogP contribution in [-0.2, 0) is 0 Å². The first-order valence-electron chi connectivity index (χ1n) is 5.46. The molecule has 0 aliphatic carbocycles. The van der Waals surface area contributed by atoms with Gasteiger partial charge in [-0.05, 0) is 23.5 Å². The summed E-state index contributed by atoms with van der Waals surface area (Å²) in [5, 5.41) is 0.949. The first kappa shape index (κ1) is 10.2. The summed E-state index contributed by atoms with van der Waals surface area (Å²) in [5.74, 6) is 0. The van der Waals surface area contributed by atoms with Gasteiger partial charge in [0, 0.05) is 5.56 Å². The molecular weight excluding hydrogens is 228 g/mol. The third kappa shape index (κ3) is 2.12. The van der Waals surface area contributed by atoms with E-state index in [-0.39, 0.29) is 0 Å². The van der Waals surface area contributed by atoms with Crippen LogP contribution in [-0.4, -0.2) is 0 Å². The van der Waals surface area contributed by atoms with Gasteiger partial charge >= 0.3 is 11.3 Å². The Labute approximate surface area is 104 Å². The standard InChI is InChI=1S/C15H11OS/c1-3-7-12(8-4-1)14-11-16-15(17-14)13-9-5-2-6-10-13/h1-11H/q+1. The van der Waals surface area contributed by atoms with E-state index in [1.807, 2.05) is 42.7 Å². The number of hydrogen-bond donors (Lipinski definition) is 0. The maximum atomic E-state index is 5.62. The van der Waals surface area contributed by atoms with E-state index in [0.29, 0.717) is 0 Å². The van der Waals surface area contributed by atoms with Gasteiger partial charge in [-0.3, -0.25) is 0 Å². The SMILES string of the molecule is c1ccc(-c2c[o+]c(-c3ccccc3)s2)cc1. The lowest BCUT2D eigenvalue weighted by Crippen LogP contribution is -1.68. The van der Waals surface area contributed by atoms with Crippen molar-refractivity contribution in [1.82, 2.24) is 0 Å². The largest absolute Gasteiger partial charge is 0.417 e. The smallest absolute Gasteiger partial charge is 0.203 e. The van der Waals surface area contributed by atoms with Crippen LogP contribution in [0.15, 0.2) is 71.3 Å². The highest BCUT2D eigenvalue weighted by Crippen LogP contribution is 2.33. The van der Waals surface area contributed by atoms with E-state index in [1.165, 1.54) is 5.56 Å². The molecule has 17 heavy (non-hydrogen) atoms. The van der Waals surface area contributed by atoms with Crippen LogP contribution < -0.4 is 0 Å². The molecule has 0 bridgehead atoms. The van der Waals surface area contributed by atoms with Crippen molar-refractivity contribution in [2.75, 3.05) is 0 Å². The minimum Gasteiger partial charge on any atom is -0.203 e. The average molecular weight is 239 g/mol. The van der Waals surface area contributed by atoms with Crippen molar-refractivity contribution in [1.29, 1.82) is 0 Å². The molecule has 0 saturated heterocycles. The Morgan fingerprint density at radius 1 is 0.706 bits per heavy atom. The van der Waals surface area contributed by atoms with Crippen molar-refractivity contribution in [2.24, 2.45) is 0 Å². The Kier molecular flexibility index (Phi) is 2.72. The molecule has 0 aliphatic rings. The molecule has 82 valence electrons. The van der Waals surface area contributed by atoms with Crippen molar-refractivity contribution in [3.05, 3.63) is 66.9 Å². The third-order valence-corrected chi connectivity index (χ3v) is 3.61. The van der Waals surface area contributed by atoms with E-state index in [2.05, 4.69) is 24.3 Å². The molecule has 0 atom stereocenters. The van der Waals surface area contributed by atoms with E-state index < -0.39 is 0 Å².